The first kappa shape index (κ1) is 40.1. The highest BCUT2D eigenvalue weighted by Gasteiger charge is 2.39. The van der Waals surface area contributed by atoms with Crippen molar-refractivity contribution in [3.05, 3.63) is 90.4 Å². The molecule has 0 saturated carbocycles. The van der Waals surface area contributed by atoms with E-state index in [0.717, 1.165) is 0 Å². The van der Waals surface area contributed by atoms with E-state index in [1.165, 1.54) is 0 Å². The minimum absolute atomic E-state index is 0.00232. The number of hydrogen-bond acceptors (Lipinski definition) is 0. The van der Waals surface area contributed by atoms with Gasteiger partial charge in [0.25, 0.3) is 0 Å². The molecule has 0 unspecified atom stereocenters. The fourth-order valence-corrected chi connectivity index (χ4v) is 15.4. The second-order valence-electron chi connectivity index (χ2n) is 14.7. The fourth-order valence-electron chi connectivity index (χ4n) is 10.5. The first-order valence-corrected chi connectivity index (χ1v) is 23.7. The molecule has 0 spiro atoms. The van der Waals surface area contributed by atoms with Gasteiger partial charge in [-0.3, -0.25) is 0 Å². The molecule has 13 rings (SSSR count). The first-order valence-electron chi connectivity index (χ1n) is 16.9. The van der Waals surface area contributed by atoms with Gasteiger partial charge in [0.05, 0.1) is 90.4 Å². The zero-order valence-electron chi connectivity index (χ0n) is 27.8. The Morgan fingerprint density at radius 3 is 0.233 bits per heavy atom. The van der Waals surface area contributed by atoms with Crippen LogP contribution in [0.3, 0.4) is 0 Å². The second-order valence-corrected chi connectivity index (χ2v) is 21.5. The van der Waals surface area contributed by atoms with E-state index in [0.29, 0.717) is 129 Å². The molecule has 0 saturated heterocycles. The minimum atomic E-state index is 0.00232. The summed E-state index contributed by atoms with van der Waals surface area (Å²) < 4.78 is 0. The van der Waals surface area contributed by atoms with Crippen molar-refractivity contribution in [2.24, 2.45) is 0 Å². The van der Waals surface area contributed by atoms with Crippen LogP contribution in [0.1, 0.15) is 0 Å². The smallest absolute Gasteiger partial charge is 0.0791 e. The van der Waals surface area contributed by atoms with Gasteiger partial charge < -0.3 is 0 Å². The maximum absolute atomic E-state index is 7.36. The molecule has 0 fully saturated rings. The molecule has 60 heavy (non-hydrogen) atoms. The second kappa shape index (κ2) is 12.4. The Morgan fingerprint density at radius 2 is 0.150 bits per heavy atom. The summed E-state index contributed by atoms with van der Waals surface area (Å²) in [5, 5.41) is 12.8. The van der Waals surface area contributed by atoms with Crippen molar-refractivity contribution in [2.75, 3.05) is 0 Å². The van der Waals surface area contributed by atoms with Gasteiger partial charge in [-0.15, -0.1) is 0 Å². The fraction of sp³-hybridized carbons (Fsp3) is 0. The van der Waals surface area contributed by atoms with E-state index in [2.05, 4.69) is 0 Å². The Bertz CT molecular complexity index is 3360. The Kier molecular flexibility index (Phi) is 8.28. The molecule has 0 nitrogen and oxygen atoms in total. The van der Waals surface area contributed by atoms with E-state index in [9.17, 15) is 0 Å². The maximum Gasteiger partial charge on any atom is 0.0791 e. The molecule has 0 aromatic heterocycles. The van der Waals surface area contributed by atoms with Gasteiger partial charge in [0.1, 0.15) is 0 Å². The molecule has 0 aliphatic carbocycles. The summed E-state index contributed by atoms with van der Waals surface area (Å²) in [6.45, 7) is 0. The summed E-state index contributed by atoms with van der Waals surface area (Å²) in [6, 6.07) is 0. The van der Waals surface area contributed by atoms with Gasteiger partial charge in [-0.1, -0.05) is 209 Å². The number of rotatable bonds is 0. The topological polar surface area (TPSA) is 0 Å². The van der Waals surface area contributed by atoms with Crippen LogP contribution < -0.4 is 0 Å². The molecule has 0 radical (unpaired) electrons. The van der Waals surface area contributed by atoms with Gasteiger partial charge in [-0.25, -0.2) is 0 Å². The standard InChI is InChI=1S/C42Cl18/c43-25-13-7-1-2-4-6-5-3(1)9-16(14(7)26(44)37(25)55)28(46)39(57)30(48)18(9)20-11(5)22(34(52)41(59)32(20)50)24-12(6)23(35(53)42(60)36(24)54)21-10(4)19(31(49)40(58)33(21)51)17-8(2)15(13)27(45)38(56)29(17)47. The lowest BCUT2D eigenvalue weighted by molar-refractivity contribution is 1.79. The summed E-state index contributed by atoms with van der Waals surface area (Å²) >= 11 is 131. The van der Waals surface area contributed by atoms with Crippen LogP contribution in [0.25, 0.3) is 129 Å². The molecule has 18 heteroatoms. The molecular weight excluding hydrogens is 1140 g/mol. The summed E-state index contributed by atoms with van der Waals surface area (Å²) in [4.78, 5) is 0. The molecule has 13 aromatic rings. The van der Waals surface area contributed by atoms with Crippen molar-refractivity contribution in [3.8, 4) is 0 Å². The highest BCUT2D eigenvalue weighted by molar-refractivity contribution is 6.73. The average molecular weight is 1140 g/mol. The number of hydrogen-bond donors (Lipinski definition) is 0. The molecule has 0 aliphatic heterocycles. The highest BCUT2D eigenvalue weighted by atomic mass is 35.5. The van der Waals surface area contributed by atoms with Gasteiger partial charge in [0.2, 0.25) is 0 Å². The normalized spacial score (nSPS) is 13.5. The lowest BCUT2D eigenvalue weighted by Crippen LogP contribution is -2.03. The van der Waals surface area contributed by atoms with Crippen molar-refractivity contribution in [3.63, 3.8) is 0 Å². The van der Waals surface area contributed by atoms with Crippen LogP contribution in [0.5, 0.6) is 0 Å². The van der Waals surface area contributed by atoms with Crippen LogP contribution in [-0.2, 0) is 0 Å². The zero-order valence-corrected chi connectivity index (χ0v) is 41.4. The van der Waals surface area contributed by atoms with Crippen molar-refractivity contribution in [1.29, 1.82) is 0 Å². The quantitative estimate of drug-likeness (QED) is 0.0806. The summed E-state index contributed by atoms with van der Waals surface area (Å²) in [6.07, 6.45) is 0. The van der Waals surface area contributed by atoms with Crippen molar-refractivity contribution >= 4 is 338 Å². The lowest BCUT2D eigenvalue weighted by Gasteiger charge is -2.32. The molecule has 0 bridgehead atoms. The molecule has 0 amide bonds. The Morgan fingerprint density at radius 1 is 0.0833 bits per heavy atom. The molecule has 0 atom stereocenters. The van der Waals surface area contributed by atoms with Gasteiger partial charge in [0, 0.05) is 129 Å². The average Bonchev–Trinajstić information content (AvgIpc) is 3.23. The third-order valence-electron chi connectivity index (χ3n) is 12.4. The minimum Gasteiger partial charge on any atom is -0.0819 e. The molecule has 13 aromatic carbocycles. The molecule has 0 heterocycles. The lowest BCUT2D eigenvalue weighted by atomic mass is 9.73. The van der Waals surface area contributed by atoms with Gasteiger partial charge >= 0.3 is 0 Å². The van der Waals surface area contributed by atoms with Crippen LogP contribution in [0.2, 0.25) is 90.4 Å². The van der Waals surface area contributed by atoms with Gasteiger partial charge in [0.15, 0.2) is 0 Å². The number of halogens is 18. The van der Waals surface area contributed by atoms with Crippen molar-refractivity contribution in [2.45, 2.75) is 0 Å². The van der Waals surface area contributed by atoms with Crippen LogP contribution in [-0.4, -0.2) is 0 Å². The molecule has 0 aliphatic rings. The van der Waals surface area contributed by atoms with Crippen LogP contribution in [0.4, 0.5) is 0 Å². The molecular formula is C42Cl18. The first-order chi connectivity index (χ1) is 28.4. The summed E-state index contributed by atoms with van der Waals surface area (Å²) in [7, 11) is 0. The van der Waals surface area contributed by atoms with Crippen LogP contribution >= 0.6 is 209 Å². The third kappa shape index (κ3) is 4.00. The summed E-state index contributed by atoms with van der Waals surface area (Å²) in [5.41, 5.74) is 0. The molecule has 0 N–H and O–H groups in total. The van der Waals surface area contributed by atoms with E-state index in [4.69, 9.17) is 209 Å². The van der Waals surface area contributed by atoms with E-state index >= 15 is 0 Å². The zero-order chi connectivity index (χ0) is 42.2. The largest absolute Gasteiger partial charge is 0.0819 e. The Hall–Kier alpha value is -0.240. The maximum atomic E-state index is 7.36. The van der Waals surface area contributed by atoms with Crippen molar-refractivity contribution in [1.82, 2.24) is 0 Å². The van der Waals surface area contributed by atoms with Crippen LogP contribution in [0.15, 0.2) is 0 Å². The Balaban J connectivity index is 1.67. The van der Waals surface area contributed by atoms with Gasteiger partial charge in [-0.05, 0) is 0 Å². The van der Waals surface area contributed by atoms with Crippen molar-refractivity contribution < 1.29 is 0 Å². The highest BCUT2D eigenvalue weighted by Crippen LogP contribution is 2.68. The van der Waals surface area contributed by atoms with E-state index in [1.807, 2.05) is 0 Å². The predicted molar refractivity (Wildman–Crippen MR) is 274 cm³/mol. The van der Waals surface area contributed by atoms with Crippen LogP contribution in [0, 0.1) is 0 Å². The summed E-state index contributed by atoms with van der Waals surface area (Å²) in [5.74, 6) is 0. The predicted octanol–water partition coefficient (Wildman–Crippen LogP) is 23.9. The number of benzene rings is 13. The Labute approximate surface area is 423 Å². The third-order valence-corrected chi connectivity index (χ3v) is 20.4. The van der Waals surface area contributed by atoms with E-state index in [-0.39, 0.29) is 90.4 Å². The molecule has 294 valence electrons. The number of fused-ring (bicyclic) bond motifs is 6. The van der Waals surface area contributed by atoms with Gasteiger partial charge in [-0.2, -0.15) is 0 Å². The van der Waals surface area contributed by atoms with E-state index in [1.54, 1.807) is 0 Å². The monoisotopic (exact) mass is 1130 g/mol. The SMILES string of the molecule is Clc1c(Cl)c2c3c(Cl)c(Cl)c(Cl)c4c5c(Cl)c(Cl)c(Cl)c6c7c(Cl)c(Cl)c(Cl)c8c9c(Cl)c(Cl)c(Cl)c%10c%11c(Cl)c(Cl)c(Cl)c%12c(c1Cl)c2c1c(c34)c(c56)c(c78)c(c%109)c1c%12%11. The van der Waals surface area contributed by atoms with E-state index < -0.39 is 0 Å².